The predicted molar refractivity (Wildman–Crippen MR) is 78.1 cm³/mol. The lowest BCUT2D eigenvalue weighted by Crippen LogP contribution is -2.45. The van der Waals surface area contributed by atoms with Crippen LogP contribution in [0, 0.1) is 0 Å². The van der Waals surface area contributed by atoms with Gasteiger partial charge in [0, 0.05) is 25.9 Å². The highest BCUT2D eigenvalue weighted by molar-refractivity contribution is 5.91. The summed E-state index contributed by atoms with van der Waals surface area (Å²) in [6, 6.07) is 0. The first-order valence-corrected chi connectivity index (χ1v) is 7.39. The third kappa shape index (κ3) is 3.77. The topological polar surface area (TPSA) is 74.0 Å². The molecule has 6 nitrogen and oxygen atoms in total. The third-order valence-electron chi connectivity index (χ3n) is 3.85. The fraction of sp³-hybridized carbons (Fsp3) is 0.667. The molecule has 2 rings (SSSR count). The molecule has 0 saturated carbocycles. The van der Waals surface area contributed by atoms with E-state index >= 15 is 0 Å². The van der Waals surface area contributed by atoms with Crippen LogP contribution in [0.3, 0.4) is 0 Å². The summed E-state index contributed by atoms with van der Waals surface area (Å²) in [5, 5.41) is 0. The Labute approximate surface area is 125 Å². The van der Waals surface area contributed by atoms with Crippen molar-refractivity contribution in [3.05, 3.63) is 23.5 Å². The number of nitrogens with zero attached hydrogens (tertiary/aromatic N) is 1. The van der Waals surface area contributed by atoms with Crippen LogP contribution in [-0.4, -0.2) is 50.1 Å². The molecule has 2 fully saturated rings. The zero-order valence-electron chi connectivity index (χ0n) is 12.8. The van der Waals surface area contributed by atoms with Crippen molar-refractivity contribution in [1.82, 2.24) is 4.90 Å². The first-order valence-electron chi connectivity index (χ1n) is 7.39. The highest BCUT2D eigenvalue weighted by Crippen LogP contribution is 2.31. The average Bonchev–Trinajstić information content (AvgIpc) is 2.94. The highest BCUT2D eigenvalue weighted by atomic mass is 16.7. The fourth-order valence-corrected chi connectivity index (χ4v) is 2.68. The minimum absolute atomic E-state index is 0.365. The molecule has 0 aromatic rings. The molecule has 0 bridgehead atoms. The molecule has 2 aliphatic heterocycles. The zero-order chi connectivity index (χ0) is 15.3. The molecule has 0 aromatic heterocycles. The fourth-order valence-electron chi connectivity index (χ4n) is 2.68. The summed E-state index contributed by atoms with van der Waals surface area (Å²) in [6.45, 7) is 4.80. The first kappa shape index (κ1) is 15.9. The second kappa shape index (κ2) is 6.95. The van der Waals surface area contributed by atoms with E-state index in [-0.39, 0.29) is 5.97 Å². The van der Waals surface area contributed by atoms with Crippen molar-refractivity contribution in [2.75, 3.05) is 33.4 Å². The molecule has 118 valence electrons. The molecule has 2 saturated heterocycles. The minimum Gasteiger partial charge on any atom is -0.465 e. The van der Waals surface area contributed by atoms with Gasteiger partial charge in [-0.3, -0.25) is 0 Å². The Morgan fingerprint density at radius 2 is 1.95 bits per heavy atom. The lowest BCUT2D eigenvalue weighted by atomic mass is 10.0. The van der Waals surface area contributed by atoms with Crippen LogP contribution in [-0.2, 0) is 19.0 Å². The van der Waals surface area contributed by atoms with Gasteiger partial charge in [-0.15, -0.1) is 0 Å². The number of ether oxygens (including phenoxy) is 3. The van der Waals surface area contributed by atoms with E-state index in [2.05, 4.69) is 0 Å². The number of piperidine rings is 1. The quantitative estimate of drug-likeness (QED) is 0.476. The second-order valence-electron chi connectivity index (χ2n) is 5.22. The second-order valence-corrected chi connectivity index (χ2v) is 5.22. The lowest BCUT2D eigenvalue weighted by Gasteiger charge is -2.38. The van der Waals surface area contributed by atoms with Gasteiger partial charge in [-0.2, -0.15) is 0 Å². The standard InChI is InChI=1S/C15H24N2O4/c1-3-4-12(14(18)19-2)11-13(16)17-7-5-15(6-8-17)20-9-10-21-15/h4,11H,3,5-10,16H2,1-2H3/b12-4+,13-11+. The molecule has 2 heterocycles. The van der Waals surface area contributed by atoms with Crippen molar-refractivity contribution in [2.24, 2.45) is 5.73 Å². The van der Waals surface area contributed by atoms with E-state index < -0.39 is 5.79 Å². The number of nitrogens with two attached hydrogens (primary N) is 1. The maximum Gasteiger partial charge on any atom is 0.337 e. The van der Waals surface area contributed by atoms with Crippen LogP contribution in [0.5, 0.6) is 0 Å². The summed E-state index contributed by atoms with van der Waals surface area (Å²) in [4.78, 5) is 13.7. The summed E-state index contributed by atoms with van der Waals surface area (Å²) in [7, 11) is 1.37. The maximum absolute atomic E-state index is 11.7. The SMILES string of the molecule is CC/C=C(\C=C(/N)N1CCC2(CC1)OCCO2)C(=O)OC. The Hall–Kier alpha value is -1.53. The Bertz CT molecular complexity index is 429. The maximum atomic E-state index is 11.7. The smallest absolute Gasteiger partial charge is 0.337 e. The Morgan fingerprint density at radius 1 is 1.33 bits per heavy atom. The van der Waals surface area contributed by atoms with Crippen LogP contribution < -0.4 is 5.73 Å². The zero-order valence-corrected chi connectivity index (χ0v) is 12.8. The summed E-state index contributed by atoms with van der Waals surface area (Å²) in [5.74, 6) is -0.204. The summed E-state index contributed by atoms with van der Waals surface area (Å²) >= 11 is 0. The Kier molecular flexibility index (Phi) is 5.25. The van der Waals surface area contributed by atoms with Crippen molar-refractivity contribution in [2.45, 2.75) is 32.0 Å². The van der Waals surface area contributed by atoms with E-state index in [4.69, 9.17) is 19.9 Å². The summed E-state index contributed by atoms with van der Waals surface area (Å²) in [5.41, 5.74) is 6.61. The number of esters is 1. The number of hydrogen-bond acceptors (Lipinski definition) is 6. The number of carbonyl (C=O) groups excluding carboxylic acids is 1. The van der Waals surface area contributed by atoms with Gasteiger partial charge in [-0.25, -0.2) is 4.79 Å². The van der Waals surface area contributed by atoms with Crippen LogP contribution >= 0.6 is 0 Å². The number of likely N-dealkylation sites (tertiary alicyclic amines) is 1. The van der Waals surface area contributed by atoms with Crippen molar-refractivity contribution >= 4 is 5.97 Å². The van der Waals surface area contributed by atoms with Gasteiger partial charge in [0.25, 0.3) is 0 Å². The van der Waals surface area contributed by atoms with E-state index in [0.29, 0.717) is 24.6 Å². The molecular weight excluding hydrogens is 272 g/mol. The number of methoxy groups -OCH3 is 1. The molecule has 6 heteroatoms. The molecule has 0 radical (unpaired) electrons. The lowest BCUT2D eigenvalue weighted by molar-refractivity contribution is -0.182. The molecule has 0 atom stereocenters. The predicted octanol–water partition coefficient (Wildman–Crippen LogP) is 1.13. The van der Waals surface area contributed by atoms with Gasteiger partial charge in [-0.05, 0) is 12.5 Å². The normalized spacial score (nSPS) is 22.7. The van der Waals surface area contributed by atoms with Gasteiger partial charge in [0.1, 0.15) is 0 Å². The number of carbonyl (C=O) groups is 1. The Balaban J connectivity index is 1.99. The van der Waals surface area contributed by atoms with Crippen LogP contribution in [0.4, 0.5) is 0 Å². The van der Waals surface area contributed by atoms with Gasteiger partial charge >= 0.3 is 5.97 Å². The van der Waals surface area contributed by atoms with E-state index in [1.807, 2.05) is 17.9 Å². The van der Waals surface area contributed by atoms with Gasteiger partial charge in [0.15, 0.2) is 5.79 Å². The van der Waals surface area contributed by atoms with E-state index in [1.165, 1.54) is 7.11 Å². The minimum atomic E-state index is -0.415. The number of hydrogen-bond donors (Lipinski definition) is 1. The van der Waals surface area contributed by atoms with Crippen LogP contribution in [0.1, 0.15) is 26.2 Å². The monoisotopic (exact) mass is 296 g/mol. The van der Waals surface area contributed by atoms with Gasteiger partial charge in [0.05, 0.1) is 31.7 Å². The molecule has 2 aliphatic rings. The summed E-state index contributed by atoms with van der Waals surface area (Å²) in [6.07, 6.45) is 5.81. The molecular formula is C15H24N2O4. The van der Waals surface area contributed by atoms with E-state index in [1.54, 1.807) is 6.08 Å². The van der Waals surface area contributed by atoms with Crippen molar-refractivity contribution < 1.29 is 19.0 Å². The van der Waals surface area contributed by atoms with Crippen LogP contribution in [0.2, 0.25) is 0 Å². The molecule has 0 amide bonds. The van der Waals surface area contributed by atoms with Crippen molar-refractivity contribution in [1.29, 1.82) is 0 Å². The van der Waals surface area contributed by atoms with E-state index in [9.17, 15) is 4.79 Å². The molecule has 0 aliphatic carbocycles. The first-order chi connectivity index (χ1) is 10.1. The molecule has 2 N–H and O–H groups in total. The molecule has 1 spiro atoms. The number of rotatable bonds is 4. The van der Waals surface area contributed by atoms with Gasteiger partial charge in [-0.1, -0.05) is 13.0 Å². The van der Waals surface area contributed by atoms with Crippen molar-refractivity contribution in [3.63, 3.8) is 0 Å². The number of allylic oxidation sites excluding steroid dienone is 1. The molecule has 0 unspecified atom stereocenters. The van der Waals surface area contributed by atoms with Crippen LogP contribution in [0.25, 0.3) is 0 Å². The third-order valence-corrected chi connectivity index (χ3v) is 3.85. The van der Waals surface area contributed by atoms with Gasteiger partial charge in [0.2, 0.25) is 0 Å². The van der Waals surface area contributed by atoms with E-state index in [0.717, 1.165) is 32.4 Å². The molecule has 21 heavy (non-hydrogen) atoms. The Morgan fingerprint density at radius 3 is 2.48 bits per heavy atom. The van der Waals surface area contributed by atoms with Gasteiger partial charge < -0.3 is 24.8 Å². The molecule has 0 aromatic carbocycles. The highest BCUT2D eigenvalue weighted by Gasteiger charge is 2.39. The summed E-state index contributed by atoms with van der Waals surface area (Å²) < 4.78 is 16.1. The largest absolute Gasteiger partial charge is 0.465 e. The van der Waals surface area contributed by atoms with Crippen LogP contribution in [0.15, 0.2) is 23.5 Å². The van der Waals surface area contributed by atoms with Crippen molar-refractivity contribution in [3.8, 4) is 0 Å². The average molecular weight is 296 g/mol.